The highest BCUT2D eigenvalue weighted by Crippen LogP contribution is 2.37. The molecule has 1 aromatic heterocycles. The number of nitrogens with zero attached hydrogens (tertiary/aromatic N) is 1. The number of thioether (sulfide) groups is 1. The molecule has 0 aliphatic rings. The molecular weight excluding hydrogens is 579 g/mol. The average molecular weight is 606 g/mol. The predicted molar refractivity (Wildman–Crippen MR) is 181 cm³/mol. The topological polar surface area (TPSA) is 84.2 Å². The van der Waals surface area contributed by atoms with Crippen molar-refractivity contribution in [2.45, 2.75) is 10.1 Å². The highest BCUT2D eigenvalue weighted by atomic mass is 32.2. The van der Waals surface area contributed by atoms with Gasteiger partial charge in [-0.15, -0.1) is 11.8 Å². The molecule has 1 heterocycles. The van der Waals surface area contributed by atoms with E-state index in [1.807, 2.05) is 146 Å². The zero-order valence-electron chi connectivity index (χ0n) is 24.0. The number of fused-ring (bicyclic) bond motifs is 2. The molecule has 7 rings (SSSR count). The number of hydrogen-bond acceptors (Lipinski definition) is 5. The molecule has 7 aromatic rings. The predicted octanol–water partition coefficient (Wildman–Crippen LogP) is 9.37. The van der Waals surface area contributed by atoms with Crippen molar-refractivity contribution >= 4 is 56.8 Å². The van der Waals surface area contributed by atoms with E-state index in [1.54, 1.807) is 0 Å². The van der Waals surface area contributed by atoms with Crippen LogP contribution in [0.25, 0.3) is 33.3 Å². The summed E-state index contributed by atoms with van der Waals surface area (Å²) in [7, 11) is 0. The maximum absolute atomic E-state index is 13.6. The van der Waals surface area contributed by atoms with Crippen molar-refractivity contribution in [1.29, 1.82) is 0 Å². The van der Waals surface area contributed by atoms with Crippen LogP contribution in [0.2, 0.25) is 0 Å². The number of anilines is 2. The summed E-state index contributed by atoms with van der Waals surface area (Å²) in [5.41, 5.74) is 5.18. The fourth-order valence-corrected chi connectivity index (χ4v) is 6.11. The molecule has 1 atom stereocenters. The van der Waals surface area contributed by atoms with E-state index in [-0.39, 0.29) is 11.8 Å². The molecule has 1 unspecified atom stereocenters. The van der Waals surface area contributed by atoms with E-state index in [0.717, 1.165) is 37.9 Å². The van der Waals surface area contributed by atoms with Gasteiger partial charge in [-0.3, -0.25) is 9.59 Å². The summed E-state index contributed by atoms with van der Waals surface area (Å²) < 4.78 is 5.88. The van der Waals surface area contributed by atoms with Gasteiger partial charge in [-0.25, -0.2) is 4.98 Å². The van der Waals surface area contributed by atoms with Crippen LogP contribution in [0.15, 0.2) is 155 Å². The van der Waals surface area contributed by atoms with Crippen LogP contribution in [0, 0.1) is 0 Å². The lowest BCUT2D eigenvalue weighted by Gasteiger charge is -2.17. The second kappa shape index (κ2) is 12.5. The lowest BCUT2D eigenvalue weighted by atomic mass is 10.1. The first-order valence-electron chi connectivity index (χ1n) is 14.5. The second-order valence-corrected chi connectivity index (χ2v) is 11.7. The molecule has 0 aliphatic heterocycles. The van der Waals surface area contributed by atoms with Crippen LogP contribution in [0.4, 0.5) is 11.4 Å². The smallest absolute Gasteiger partial charge is 0.255 e. The molecule has 45 heavy (non-hydrogen) atoms. The van der Waals surface area contributed by atoms with Gasteiger partial charge >= 0.3 is 0 Å². The Balaban J connectivity index is 1.04. The number of rotatable bonds is 8. The summed E-state index contributed by atoms with van der Waals surface area (Å²) in [5.74, 6) is 0.211. The van der Waals surface area contributed by atoms with E-state index in [0.29, 0.717) is 22.8 Å². The van der Waals surface area contributed by atoms with Crippen molar-refractivity contribution in [1.82, 2.24) is 4.98 Å². The van der Waals surface area contributed by atoms with Crippen LogP contribution in [0.1, 0.15) is 21.2 Å². The number of carbonyl (C=O) groups is 2. The number of para-hydroxylation sites is 2. The standard InChI is InChI=1S/C38H27N3O3S/c42-36(29-15-14-25-8-4-5-11-28(25)24-29)39-31-20-22-32(23-21-31)45-35(26-9-2-1-3-10-26)37(43)40-30-18-16-27(17-19-30)38-41-33-12-6-7-13-34(33)44-38/h1-24,35H,(H,39,42)(H,40,43). The summed E-state index contributed by atoms with van der Waals surface area (Å²) in [6.45, 7) is 0. The normalized spacial score (nSPS) is 11.7. The molecule has 0 radical (unpaired) electrons. The molecule has 0 saturated carbocycles. The van der Waals surface area contributed by atoms with Crippen LogP contribution in [-0.4, -0.2) is 16.8 Å². The van der Waals surface area contributed by atoms with Gasteiger partial charge in [0.15, 0.2) is 5.58 Å². The first-order valence-corrected chi connectivity index (χ1v) is 15.4. The maximum atomic E-state index is 13.6. The largest absolute Gasteiger partial charge is 0.436 e. The van der Waals surface area contributed by atoms with Gasteiger partial charge in [-0.05, 0) is 89.1 Å². The van der Waals surface area contributed by atoms with E-state index in [2.05, 4.69) is 15.6 Å². The van der Waals surface area contributed by atoms with Crippen LogP contribution in [-0.2, 0) is 4.79 Å². The van der Waals surface area contributed by atoms with Gasteiger partial charge in [0, 0.05) is 27.4 Å². The average Bonchev–Trinajstić information content (AvgIpc) is 3.53. The minimum atomic E-state index is -0.499. The Kier molecular flexibility index (Phi) is 7.83. The summed E-state index contributed by atoms with van der Waals surface area (Å²) in [5, 5.41) is 7.65. The Labute approximate surface area is 264 Å². The minimum absolute atomic E-state index is 0.144. The van der Waals surface area contributed by atoms with Crippen LogP contribution < -0.4 is 10.6 Å². The fraction of sp³-hybridized carbons (Fsp3) is 0.0263. The van der Waals surface area contributed by atoms with Gasteiger partial charge < -0.3 is 15.1 Å². The summed E-state index contributed by atoms with van der Waals surface area (Å²) >= 11 is 1.45. The quantitative estimate of drug-likeness (QED) is 0.169. The summed E-state index contributed by atoms with van der Waals surface area (Å²) in [6, 6.07) is 45.9. The third-order valence-electron chi connectivity index (χ3n) is 7.41. The Hall–Kier alpha value is -5.66. The van der Waals surface area contributed by atoms with Crippen molar-refractivity contribution < 1.29 is 14.0 Å². The molecule has 6 nitrogen and oxygen atoms in total. The number of oxazole rings is 1. The first kappa shape index (κ1) is 28.1. The first-order chi connectivity index (χ1) is 22.1. The molecule has 0 aliphatic carbocycles. The van der Waals surface area contributed by atoms with Crippen LogP contribution in [0.5, 0.6) is 0 Å². The lowest BCUT2D eigenvalue weighted by molar-refractivity contribution is -0.115. The molecule has 6 aromatic carbocycles. The molecule has 0 bridgehead atoms. The lowest BCUT2D eigenvalue weighted by Crippen LogP contribution is -2.19. The molecule has 0 fully saturated rings. The number of benzene rings is 6. The molecule has 2 N–H and O–H groups in total. The van der Waals surface area contributed by atoms with E-state index >= 15 is 0 Å². The van der Waals surface area contributed by atoms with Crippen molar-refractivity contribution in [2.24, 2.45) is 0 Å². The van der Waals surface area contributed by atoms with Gasteiger partial charge in [-0.1, -0.05) is 72.8 Å². The molecule has 218 valence electrons. The Bertz CT molecular complexity index is 2090. The third kappa shape index (κ3) is 6.34. The van der Waals surface area contributed by atoms with E-state index in [1.165, 1.54) is 11.8 Å². The summed E-state index contributed by atoms with van der Waals surface area (Å²) in [6.07, 6.45) is 0. The highest BCUT2D eigenvalue weighted by Gasteiger charge is 2.22. The van der Waals surface area contributed by atoms with Gasteiger partial charge in [0.25, 0.3) is 5.91 Å². The summed E-state index contributed by atoms with van der Waals surface area (Å²) in [4.78, 5) is 32.0. The number of amides is 2. The number of aromatic nitrogens is 1. The zero-order chi connectivity index (χ0) is 30.6. The number of hydrogen-bond donors (Lipinski definition) is 2. The molecule has 2 amide bonds. The van der Waals surface area contributed by atoms with Gasteiger partial charge in [-0.2, -0.15) is 0 Å². The highest BCUT2D eigenvalue weighted by molar-refractivity contribution is 8.00. The van der Waals surface area contributed by atoms with E-state index in [4.69, 9.17) is 4.42 Å². The van der Waals surface area contributed by atoms with Crippen LogP contribution in [0.3, 0.4) is 0 Å². The van der Waals surface area contributed by atoms with Crippen molar-refractivity contribution in [3.8, 4) is 11.5 Å². The Morgan fingerprint density at radius 3 is 2.09 bits per heavy atom. The second-order valence-electron chi connectivity index (χ2n) is 10.5. The Morgan fingerprint density at radius 1 is 0.644 bits per heavy atom. The zero-order valence-corrected chi connectivity index (χ0v) is 24.8. The molecule has 0 spiro atoms. The number of carbonyl (C=O) groups excluding carboxylic acids is 2. The van der Waals surface area contributed by atoms with Gasteiger partial charge in [0.05, 0.1) is 0 Å². The number of nitrogens with one attached hydrogen (secondary N) is 2. The fourth-order valence-electron chi connectivity index (χ4n) is 5.09. The van der Waals surface area contributed by atoms with Gasteiger partial charge in [0.1, 0.15) is 10.8 Å². The maximum Gasteiger partial charge on any atom is 0.255 e. The van der Waals surface area contributed by atoms with Crippen LogP contribution >= 0.6 is 11.8 Å². The van der Waals surface area contributed by atoms with Crippen molar-refractivity contribution in [3.63, 3.8) is 0 Å². The molecule has 7 heteroatoms. The SMILES string of the molecule is O=C(Nc1ccc(SC(C(=O)Nc2ccc(-c3nc4ccccc4o3)cc2)c2ccccc2)cc1)c1ccc2ccccc2c1. The van der Waals surface area contributed by atoms with E-state index < -0.39 is 5.25 Å². The third-order valence-corrected chi connectivity index (χ3v) is 8.68. The minimum Gasteiger partial charge on any atom is -0.436 e. The van der Waals surface area contributed by atoms with E-state index in [9.17, 15) is 9.59 Å². The van der Waals surface area contributed by atoms with Gasteiger partial charge in [0.2, 0.25) is 11.8 Å². The van der Waals surface area contributed by atoms with Crippen molar-refractivity contribution in [3.05, 3.63) is 157 Å². The molecule has 0 saturated heterocycles. The molecular formula is C38H27N3O3S. The monoisotopic (exact) mass is 605 g/mol. The van der Waals surface area contributed by atoms with Crippen molar-refractivity contribution in [2.75, 3.05) is 10.6 Å². The Morgan fingerprint density at radius 2 is 1.31 bits per heavy atom.